The van der Waals surface area contributed by atoms with Gasteiger partial charge in [-0.05, 0) is 48.7 Å². The van der Waals surface area contributed by atoms with Crippen LogP contribution in [0.4, 0.5) is 10.5 Å². The molecule has 126 valence electrons. The van der Waals surface area contributed by atoms with Crippen molar-refractivity contribution < 1.29 is 4.79 Å². The Morgan fingerprint density at radius 1 is 1.12 bits per heavy atom. The highest BCUT2D eigenvalue weighted by atomic mass is 16.2. The fraction of sp³-hybridized carbons (Fsp3) is 0.211. The van der Waals surface area contributed by atoms with Crippen molar-refractivity contribution in [2.24, 2.45) is 0 Å². The number of urea groups is 1. The van der Waals surface area contributed by atoms with E-state index in [0.29, 0.717) is 12.6 Å². The maximum Gasteiger partial charge on any atom is 0.322 e. The average Bonchev–Trinajstić information content (AvgIpc) is 3.34. The van der Waals surface area contributed by atoms with Crippen molar-refractivity contribution >= 4 is 11.7 Å². The van der Waals surface area contributed by atoms with Crippen LogP contribution in [0.1, 0.15) is 18.4 Å². The van der Waals surface area contributed by atoms with Gasteiger partial charge in [0.1, 0.15) is 0 Å². The van der Waals surface area contributed by atoms with E-state index in [1.54, 1.807) is 23.3 Å². The Hall–Kier alpha value is -3.15. The molecule has 4 rings (SSSR count). The van der Waals surface area contributed by atoms with Gasteiger partial charge in [-0.3, -0.25) is 4.98 Å². The Kier molecular flexibility index (Phi) is 4.16. The van der Waals surface area contributed by atoms with Crippen LogP contribution in [0.5, 0.6) is 0 Å². The number of anilines is 1. The molecule has 6 heteroatoms. The van der Waals surface area contributed by atoms with E-state index >= 15 is 0 Å². The number of hydrogen-bond acceptors (Lipinski definition) is 3. The third-order valence-electron chi connectivity index (χ3n) is 4.25. The van der Waals surface area contributed by atoms with Crippen molar-refractivity contribution in [2.45, 2.75) is 25.4 Å². The molecule has 2 amide bonds. The van der Waals surface area contributed by atoms with E-state index in [2.05, 4.69) is 15.4 Å². The second kappa shape index (κ2) is 6.76. The number of pyridine rings is 1. The van der Waals surface area contributed by atoms with Crippen LogP contribution in [0.3, 0.4) is 0 Å². The van der Waals surface area contributed by atoms with Crippen molar-refractivity contribution in [3.8, 4) is 5.69 Å². The van der Waals surface area contributed by atoms with E-state index in [1.807, 2.05) is 53.6 Å². The first-order valence-corrected chi connectivity index (χ1v) is 8.37. The standard InChI is InChI=1S/C19H19N5O/c25-19(23(16-6-7-16)14-15-8-11-20-12-9-15)22-17-4-1-2-5-18(17)24-13-3-10-21-24/h1-5,8-13,16H,6-7,14H2,(H,22,25). The molecule has 1 N–H and O–H groups in total. The first kappa shape index (κ1) is 15.4. The number of hydrogen-bond donors (Lipinski definition) is 1. The van der Waals surface area contributed by atoms with Gasteiger partial charge in [0.2, 0.25) is 0 Å². The molecular weight excluding hydrogens is 314 g/mol. The number of nitrogens with one attached hydrogen (secondary N) is 1. The first-order chi connectivity index (χ1) is 12.3. The van der Waals surface area contributed by atoms with Gasteiger partial charge in [0, 0.05) is 37.4 Å². The maximum absolute atomic E-state index is 12.9. The van der Waals surface area contributed by atoms with E-state index in [-0.39, 0.29) is 6.03 Å². The molecule has 1 aliphatic carbocycles. The van der Waals surface area contributed by atoms with E-state index in [1.165, 1.54) is 0 Å². The predicted octanol–water partition coefficient (Wildman–Crippen LogP) is 3.46. The van der Waals surface area contributed by atoms with Crippen LogP contribution in [0.25, 0.3) is 5.69 Å². The summed E-state index contributed by atoms with van der Waals surface area (Å²) in [6.07, 6.45) is 9.20. The van der Waals surface area contributed by atoms with Crippen molar-refractivity contribution in [2.75, 3.05) is 5.32 Å². The largest absolute Gasteiger partial charge is 0.322 e. The lowest BCUT2D eigenvalue weighted by atomic mass is 10.2. The normalized spacial score (nSPS) is 13.4. The number of para-hydroxylation sites is 2. The Labute approximate surface area is 146 Å². The monoisotopic (exact) mass is 333 g/mol. The lowest BCUT2D eigenvalue weighted by molar-refractivity contribution is 0.206. The lowest BCUT2D eigenvalue weighted by Crippen LogP contribution is -2.36. The van der Waals surface area contributed by atoms with Crippen molar-refractivity contribution in [3.05, 3.63) is 72.8 Å². The Morgan fingerprint density at radius 3 is 2.64 bits per heavy atom. The fourth-order valence-corrected chi connectivity index (χ4v) is 2.82. The molecule has 0 unspecified atom stereocenters. The summed E-state index contributed by atoms with van der Waals surface area (Å²) in [5.74, 6) is 0. The van der Waals surface area contributed by atoms with Gasteiger partial charge in [-0.2, -0.15) is 5.10 Å². The molecule has 1 fully saturated rings. The van der Waals surface area contributed by atoms with E-state index in [0.717, 1.165) is 29.8 Å². The Morgan fingerprint density at radius 2 is 1.92 bits per heavy atom. The zero-order chi connectivity index (χ0) is 17.1. The summed E-state index contributed by atoms with van der Waals surface area (Å²) in [7, 11) is 0. The third kappa shape index (κ3) is 3.52. The van der Waals surface area contributed by atoms with Crippen molar-refractivity contribution in [3.63, 3.8) is 0 Å². The van der Waals surface area contributed by atoms with Crippen LogP contribution in [-0.2, 0) is 6.54 Å². The summed E-state index contributed by atoms with van der Waals surface area (Å²) in [5.41, 5.74) is 2.68. The number of carbonyl (C=O) groups is 1. The summed E-state index contributed by atoms with van der Waals surface area (Å²) in [4.78, 5) is 18.8. The molecule has 0 radical (unpaired) electrons. The van der Waals surface area contributed by atoms with Gasteiger partial charge in [-0.15, -0.1) is 0 Å². The highest BCUT2D eigenvalue weighted by Crippen LogP contribution is 2.29. The zero-order valence-corrected chi connectivity index (χ0v) is 13.7. The second-order valence-electron chi connectivity index (χ2n) is 6.11. The molecule has 1 aromatic carbocycles. The van der Waals surface area contributed by atoms with E-state index in [4.69, 9.17) is 0 Å². The highest BCUT2D eigenvalue weighted by Gasteiger charge is 2.32. The number of carbonyl (C=O) groups excluding carboxylic acids is 1. The summed E-state index contributed by atoms with van der Waals surface area (Å²) >= 11 is 0. The molecule has 25 heavy (non-hydrogen) atoms. The smallest absolute Gasteiger partial charge is 0.317 e. The molecule has 0 atom stereocenters. The van der Waals surface area contributed by atoms with E-state index < -0.39 is 0 Å². The van der Waals surface area contributed by atoms with Gasteiger partial charge in [0.05, 0.1) is 11.4 Å². The summed E-state index contributed by atoms with van der Waals surface area (Å²) in [6.45, 7) is 0.586. The first-order valence-electron chi connectivity index (χ1n) is 8.37. The number of aromatic nitrogens is 3. The summed E-state index contributed by atoms with van der Waals surface area (Å²) < 4.78 is 1.75. The average molecular weight is 333 g/mol. The molecule has 1 aliphatic rings. The van der Waals surface area contributed by atoms with Gasteiger partial charge >= 0.3 is 6.03 Å². The molecule has 0 aliphatic heterocycles. The second-order valence-corrected chi connectivity index (χ2v) is 6.11. The van der Waals surface area contributed by atoms with Crippen LogP contribution in [0.2, 0.25) is 0 Å². The number of benzene rings is 1. The van der Waals surface area contributed by atoms with Crippen LogP contribution in [-0.4, -0.2) is 31.7 Å². The van der Waals surface area contributed by atoms with Gasteiger partial charge in [-0.25, -0.2) is 9.48 Å². The molecule has 0 saturated heterocycles. The Balaban J connectivity index is 1.54. The molecule has 1 saturated carbocycles. The molecule has 0 spiro atoms. The van der Waals surface area contributed by atoms with Crippen LogP contribution in [0.15, 0.2) is 67.3 Å². The van der Waals surface area contributed by atoms with Gasteiger partial charge in [0.15, 0.2) is 0 Å². The minimum absolute atomic E-state index is 0.0843. The van der Waals surface area contributed by atoms with Crippen LogP contribution < -0.4 is 5.32 Å². The Bertz CT molecular complexity index is 843. The van der Waals surface area contributed by atoms with Gasteiger partial charge < -0.3 is 10.2 Å². The number of amides is 2. The molecule has 0 bridgehead atoms. The number of nitrogens with zero attached hydrogens (tertiary/aromatic N) is 4. The molecule has 3 aromatic rings. The quantitative estimate of drug-likeness (QED) is 0.778. The van der Waals surface area contributed by atoms with Crippen LogP contribution in [0, 0.1) is 0 Å². The van der Waals surface area contributed by atoms with Gasteiger partial charge in [-0.1, -0.05) is 12.1 Å². The molecular formula is C19H19N5O. The highest BCUT2D eigenvalue weighted by molar-refractivity contribution is 5.92. The van der Waals surface area contributed by atoms with Crippen LogP contribution >= 0.6 is 0 Å². The van der Waals surface area contributed by atoms with Gasteiger partial charge in [0.25, 0.3) is 0 Å². The third-order valence-corrected chi connectivity index (χ3v) is 4.25. The minimum Gasteiger partial charge on any atom is -0.317 e. The predicted molar refractivity (Wildman–Crippen MR) is 95.4 cm³/mol. The molecule has 6 nitrogen and oxygen atoms in total. The number of rotatable bonds is 5. The molecule has 2 heterocycles. The maximum atomic E-state index is 12.9. The van der Waals surface area contributed by atoms with E-state index in [9.17, 15) is 4.79 Å². The lowest BCUT2D eigenvalue weighted by Gasteiger charge is -2.23. The fourth-order valence-electron chi connectivity index (χ4n) is 2.82. The summed E-state index contributed by atoms with van der Waals surface area (Å²) in [6, 6.07) is 13.7. The molecule has 2 aromatic heterocycles. The zero-order valence-electron chi connectivity index (χ0n) is 13.7. The minimum atomic E-state index is -0.0843. The van der Waals surface area contributed by atoms with Crippen molar-refractivity contribution in [1.82, 2.24) is 19.7 Å². The topological polar surface area (TPSA) is 63.1 Å². The summed E-state index contributed by atoms with van der Waals surface area (Å²) in [5, 5.41) is 7.31. The SMILES string of the molecule is O=C(Nc1ccccc1-n1cccn1)N(Cc1ccncc1)C1CC1. The van der Waals surface area contributed by atoms with Crippen molar-refractivity contribution in [1.29, 1.82) is 0 Å².